The van der Waals surface area contributed by atoms with Crippen molar-refractivity contribution in [3.05, 3.63) is 65.7 Å². The Bertz CT molecular complexity index is 749. The van der Waals surface area contributed by atoms with Crippen LogP contribution in [0.3, 0.4) is 0 Å². The molecular weight excluding hydrogens is 310 g/mol. The summed E-state index contributed by atoms with van der Waals surface area (Å²) in [6, 6.07) is 16.7. The van der Waals surface area contributed by atoms with E-state index in [1.807, 2.05) is 37.3 Å². The molecule has 1 aliphatic heterocycles. The summed E-state index contributed by atoms with van der Waals surface area (Å²) in [7, 11) is -3.54. The Morgan fingerprint density at radius 1 is 1.09 bits per heavy atom. The van der Waals surface area contributed by atoms with E-state index in [0.717, 1.165) is 24.0 Å². The topological polar surface area (TPSA) is 55.4 Å². The highest BCUT2D eigenvalue weighted by Crippen LogP contribution is 2.35. The monoisotopic (exact) mass is 331 g/mol. The Morgan fingerprint density at radius 3 is 2.39 bits per heavy atom. The van der Waals surface area contributed by atoms with Gasteiger partial charge >= 0.3 is 0 Å². The molecule has 0 saturated carbocycles. The molecule has 1 saturated heterocycles. The molecule has 23 heavy (non-hydrogen) atoms. The molecule has 1 heterocycles. The molecule has 1 N–H and O–H groups in total. The number of sulfonamides is 1. The summed E-state index contributed by atoms with van der Waals surface area (Å²) in [5.74, 6) is 0. The van der Waals surface area contributed by atoms with Gasteiger partial charge in [0.2, 0.25) is 10.0 Å². The van der Waals surface area contributed by atoms with Crippen LogP contribution >= 0.6 is 0 Å². The Kier molecular flexibility index (Phi) is 4.53. The highest BCUT2D eigenvalue weighted by Gasteiger charge is 2.38. The van der Waals surface area contributed by atoms with Gasteiger partial charge in [-0.25, -0.2) is 13.1 Å². The van der Waals surface area contributed by atoms with Crippen molar-refractivity contribution in [3.8, 4) is 0 Å². The average molecular weight is 331 g/mol. The lowest BCUT2D eigenvalue weighted by molar-refractivity contribution is 0.00501. The summed E-state index contributed by atoms with van der Waals surface area (Å²) >= 11 is 0. The maximum atomic E-state index is 12.5. The zero-order valence-corrected chi connectivity index (χ0v) is 14.0. The molecule has 122 valence electrons. The highest BCUT2D eigenvalue weighted by atomic mass is 32.2. The lowest BCUT2D eigenvalue weighted by atomic mass is 9.91. The van der Waals surface area contributed by atoms with Crippen molar-refractivity contribution >= 4 is 10.0 Å². The van der Waals surface area contributed by atoms with E-state index in [1.165, 1.54) is 0 Å². The van der Waals surface area contributed by atoms with Crippen LogP contribution in [0.15, 0.2) is 59.5 Å². The predicted octanol–water partition coefficient (Wildman–Crippen LogP) is 2.98. The molecule has 2 aromatic carbocycles. The third kappa shape index (κ3) is 3.47. The molecule has 1 unspecified atom stereocenters. The molecule has 0 aliphatic carbocycles. The van der Waals surface area contributed by atoms with Gasteiger partial charge in [0.05, 0.1) is 4.90 Å². The third-order valence-corrected chi connectivity index (χ3v) is 5.70. The van der Waals surface area contributed by atoms with Gasteiger partial charge in [0.25, 0.3) is 0 Å². The van der Waals surface area contributed by atoms with Crippen molar-refractivity contribution in [1.82, 2.24) is 4.72 Å². The third-order valence-electron chi connectivity index (χ3n) is 4.28. The molecule has 3 rings (SSSR count). The smallest absolute Gasteiger partial charge is 0.240 e. The predicted molar refractivity (Wildman–Crippen MR) is 89.7 cm³/mol. The van der Waals surface area contributed by atoms with Crippen molar-refractivity contribution in [2.75, 3.05) is 13.2 Å². The van der Waals surface area contributed by atoms with Crippen LogP contribution in [0.25, 0.3) is 0 Å². The van der Waals surface area contributed by atoms with Crippen molar-refractivity contribution in [1.29, 1.82) is 0 Å². The molecule has 2 aromatic rings. The molecular formula is C18H21NO3S. The normalized spacial score (nSPS) is 21.4. The Labute approximate surface area is 137 Å². The van der Waals surface area contributed by atoms with Gasteiger partial charge in [-0.2, -0.15) is 0 Å². The second-order valence-corrected chi connectivity index (χ2v) is 7.72. The van der Waals surface area contributed by atoms with Gasteiger partial charge in [0.15, 0.2) is 0 Å². The number of aryl methyl sites for hydroxylation is 1. The van der Waals surface area contributed by atoms with Gasteiger partial charge in [-0.05, 0) is 37.5 Å². The number of ether oxygens (including phenoxy) is 1. The quantitative estimate of drug-likeness (QED) is 0.916. The number of hydrogen-bond donors (Lipinski definition) is 1. The fourth-order valence-corrected chi connectivity index (χ4v) is 4.01. The molecule has 1 atom stereocenters. The van der Waals surface area contributed by atoms with Gasteiger partial charge in [-0.15, -0.1) is 0 Å². The standard InChI is InChI=1S/C18H21NO3S/c1-15-8-10-17(11-9-15)23(20,21)19-14-18(12-5-13-22-18)16-6-3-2-4-7-16/h2-4,6-11,19H,5,12-14H2,1H3. The first kappa shape index (κ1) is 16.2. The number of benzene rings is 2. The molecule has 0 amide bonds. The zero-order chi connectivity index (χ0) is 16.3. The summed E-state index contributed by atoms with van der Waals surface area (Å²) in [4.78, 5) is 0.282. The maximum Gasteiger partial charge on any atom is 0.240 e. The second kappa shape index (κ2) is 6.43. The molecule has 4 nitrogen and oxygen atoms in total. The molecule has 0 aromatic heterocycles. The summed E-state index contributed by atoms with van der Waals surface area (Å²) in [5.41, 5.74) is 1.48. The van der Waals surface area contributed by atoms with Crippen molar-refractivity contribution < 1.29 is 13.2 Å². The molecule has 1 aliphatic rings. The van der Waals surface area contributed by atoms with Crippen LogP contribution in [-0.4, -0.2) is 21.6 Å². The largest absolute Gasteiger partial charge is 0.369 e. The van der Waals surface area contributed by atoms with Gasteiger partial charge < -0.3 is 4.74 Å². The Balaban J connectivity index is 1.81. The summed E-state index contributed by atoms with van der Waals surface area (Å²) in [6.07, 6.45) is 1.74. The van der Waals surface area contributed by atoms with Crippen LogP contribution in [0, 0.1) is 6.92 Å². The minimum absolute atomic E-state index is 0.243. The second-order valence-electron chi connectivity index (χ2n) is 5.95. The van der Waals surface area contributed by atoms with E-state index in [4.69, 9.17) is 4.74 Å². The van der Waals surface area contributed by atoms with Gasteiger partial charge in [-0.3, -0.25) is 0 Å². The molecule has 0 radical (unpaired) electrons. The van der Waals surface area contributed by atoms with Crippen LogP contribution in [0.5, 0.6) is 0 Å². The van der Waals surface area contributed by atoms with Crippen LogP contribution in [0.4, 0.5) is 0 Å². The van der Waals surface area contributed by atoms with E-state index in [2.05, 4.69) is 4.72 Å². The van der Waals surface area contributed by atoms with Crippen LogP contribution in [0.1, 0.15) is 24.0 Å². The van der Waals surface area contributed by atoms with E-state index >= 15 is 0 Å². The average Bonchev–Trinajstić information content (AvgIpc) is 3.05. The number of hydrogen-bond acceptors (Lipinski definition) is 3. The van der Waals surface area contributed by atoms with Crippen LogP contribution < -0.4 is 4.72 Å². The van der Waals surface area contributed by atoms with Crippen molar-refractivity contribution in [2.24, 2.45) is 0 Å². The SMILES string of the molecule is Cc1ccc(S(=O)(=O)NCC2(c3ccccc3)CCCO2)cc1. The zero-order valence-electron chi connectivity index (χ0n) is 13.2. The van der Waals surface area contributed by atoms with E-state index in [1.54, 1.807) is 24.3 Å². The summed E-state index contributed by atoms with van der Waals surface area (Å²) < 4.78 is 33.7. The van der Waals surface area contributed by atoms with E-state index in [9.17, 15) is 8.42 Å². The van der Waals surface area contributed by atoms with Crippen LogP contribution in [-0.2, 0) is 20.4 Å². The molecule has 5 heteroatoms. The van der Waals surface area contributed by atoms with E-state index < -0.39 is 15.6 Å². The minimum atomic E-state index is -3.54. The first-order chi connectivity index (χ1) is 11.0. The summed E-state index contributed by atoms with van der Waals surface area (Å²) in [5, 5.41) is 0. The lowest BCUT2D eigenvalue weighted by Crippen LogP contribution is -2.40. The van der Waals surface area contributed by atoms with Crippen molar-refractivity contribution in [2.45, 2.75) is 30.3 Å². The first-order valence-corrected chi connectivity index (χ1v) is 9.26. The van der Waals surface area contributed by atoms with Gasteiger partial charge in [0, 0.05) is 13.2 Å². The van der Waals surface area contributed by atoms with Gasteiger partial charge in [0.1, 0.15) is 5.60 Å². The highest BCUT2D eigenvalue weighted by molar-refractivity contribution is 7.89. The number of nitrogens with one attached hydrogen (secondary N) is 1. The molecule has 1 fully saturated rings. The molecule has 0 bridgehead atoms. The maximum absolute atomic E-state index is 12.5. The fraction of sp³-hybridized carbons (Fsp3) is 0.333. The minimum Gasteiger partial charge on any atom is -0.369 e. The van der Waals surface area contributed by atoms with Crippen molar-refractivity contribution in [3.63, 3.8) is 0 Å². The van der Waals surface area contributed by atoms with Gasteiger partial charge in [-0.1, -0.05) is 48.0 Å². The summed E-state index contributed by atoms with van der Waals surface area (Å²) in [6.45, 7) is 2.83. The Morgan fingerprint density at radius 2 is 1.78 bits per heavy atom. The number of rotatable bonds is 5. The van der Waals surface area contributed by atoms with Crippen LogP contribution in [0.2, 0.25) is 0 Å². The van der Waals surface area contributed by atoms with E-state index in [0.29, 0.717) is 6.61 Å². The first-order valence-electron chi connectivity index (χ1n) is 7.78. The fourth-order valence-electron chi connectivity index (χ4n) is 2.92. The molecule has 0 spiro atoms. The Hall–Kier alpha value is -1.69. The van der Waals surface area contributed by atoms with E-state index in [-0.39, 0.29) is 11.4 Å². The lowest BCUT2D eigenvalue weighted by Gasteiger charge is -2.29.